The van der Waals surface area contributed by atoms with Crippen LogP contribution in [-0.4, -0.2) is 53.6 Å². The Morgan fingerprint density at radius 1 is 1.55 bits per heavy atom. The molecule has 1 amide bonds. The van der Waals surface area contributed by atoms with Gasteiger partial charge in [-0.1, -0.05) is 6.92 Å². The standard InChI is InChI=1S/C14H22N4O2/c1-3-6-16-13-9-15-8-12(17-13)14(19)18(2)10-11-5-4-7-20-11/h8-9,11H,3-7,10H2,1-2H3,(H,16,17). The molecule has 20 heavy (non-hydrogen) atoms. The zero-order valence-electron chi connectivity index (χ0n) is 12.1. The quantitative estimate of drug-likeness (QED) is 0.855. The molecule has 2 rings (SSSR count). The van der Waals surface area contributed by atoms with Gasteiger partial charge >= 0.3 is 0 Å². The third-order valence-electron chi connectivity index (χ3n) is 3.26. The van der Waals surface area contributed by atoms with E-state index in [0.717, 1.165) is 32.4 Å². The molecule has 1 aliphatic heterocycles. The highest BCUT2D eigenvalue weighted by Crippen LogP contribution is 2.14. The van der Waals surface area contributed by atoms with Crippen LogP contribution in [0.15, 0.2) is 12.4 Å². The second-order valence-electron chi connectivity index (χ2n) is 5.04. The molecule has 0 radical (unpaired) electrons. The van der Waals surface area contributed by atoms with Gasteiger partial charge in [0.2, 0.25) is 0 Å². The summed E-state index contributed by atoms with van der Waals surface area (Å²) in [5, 5.41) is 3.13. The molecule has 0 aliphatic carbocycles. The van der Waals surface area contributed by atoms with E-state index in [4.69, 9.17) is 4.74 Å². The van der Waals surface area contributed by atoms with Gasteiger partial charge in [0.15, 0.2) is 0 Å². The topological polar surface area (TPSA) is 67.4 Å². The Kier molecular flexibility index (Phi) is 5.29. The predicted molar refractivity (Wildman–Crippen MR) is 76.7 cm³/mol. The van der Waals surface area contributed by atoms with Crippen LogP contribution in [0.5, 0.6) is 0 Å². The van der Waals surface area contributed by atoms with Gasteiger partial charge in [-0.15, -0.1) is 0 Å². The van der Waals surface area contributed by atoms with Gasteiger partial charge in [0.1, 0.15) is 11.5 Å². The van der Waals surface area contributed by atoms with Crippen molar-refractivity contribution in [3.8, 4) is 0 Å². The summed E-state index contributed by atoms with van der Waals surface area (Å²) in [6.07, 6.45) is 6.37. The molecule has 0 spiro atoms. The molecular formula is C14H22N4O2. The minimum absolute atomic E-state index is 0.117. The summed E-state index contributed by atoms with van der Waals surface area (Å²) in [7, 11) is 1.78. The van der Waals surface area contributed by atoms with Crippen LogP contribution in [0.2, 0.25) is 0 Å². The lowest BCUT2D eigenvalue weighted by Gasteiger charge is -2.20. The predicted octanol–water partition coefficient (Wildman–Crippen LogP) is 1.55. The molecule has 1 aliphatic rings. The fourth-order valence-corrected chi connectivity index (χ4v) is 2.18. The smallest absolute Gasteiger partial charge is 0.273 e. The third kappa shape index (κ3) is 3.90. The molecule has 0 bridgehead atoms. The van der Waals surface area contributed by atoms with E-state index in [1.165, 1.54) is 6.20 Å². The molecule has 1 aromatic heterocycles. The van der Waals surface area contributed by atoms with Crippen LogP contribution >= 0.6 is 0 Å². The Balaban J connectivity index is 1.96. The first-order valence-corrected chi connectivity index (χ1v) is 7.13. The van der Waals surface area contributed by atoms with Crippen LogP contribution in [0, 0.1) is 0 Å². The average molecular weight is 278 g/mol. The SMILES string of the molecule is CCCNc1cncc(C(=O)N(C)CC2CCCO2)n1. The summed E-state index contributed by atoms with van der Waals surface area (Å²) in [5.74, 6) is 0.524. The van der Waals surface area contributed by atoms with Crippen molar-refractivity contribution in [3.05, 3.63) is 18.1 Å². The van der Waals surface area contributed by atoms with E-state index in [1.807, 2.05) is 0 Å². The summed E-state index contributed by atoms with van der Waals surface area (Å²) in [4.78, 5) is 22.3. The number of likely N-dealkylation sites (N-methyl/N-ethyl adjacent to an activating group) is 1. The summed E-state index contributed by atoms with van der Waals surface area (Å²) < 4.78 is 5.54. The second-order valence-corrected chi connectivity index (χ2v) is 5.04. The lowest BCUT2D eigenvalue weighted by atomic mass is 10.2. The molecule has 6 heteroatoms. The number of rotatable bonds is 6. The van der Waals surface area contributed by atoms with Gasteiger partial charge in [-0.2, -0.15) is 0 Å². The first-order chi connectivity index (χ1) is 9.70. The fourth-order valence-electron chi connectivity index (χ4n) is 2.18. The monoisotopic (exact) mass is 278 g/mol. The lowest BCUT2D eigenvalue weighted by Crippen LogP contribution is -2.34. The summed E-state index contributed by atoms with van der Waals surface area (Å²) >= 11 is 0. The maximum Gasteiger partial charge on any atom is 0.273 e. The molecule has 6 nitrogen and oxygen atoms in total. The van der Waals surface area contributed by atoms with Crippen LogP contribution in [0.3, 0.4) is 0 Å². The van der Waals surface area contributed by atoms with E-state index in [0.29, 0.717) is 18.1 Å². The Bertz CT molecular complexity index is 447. The molecule has 1 atom stereocenters. The van der Waals surface area contributed by atoms with Crippen molar-refractivity contribution < 1.29 is 9.53 Å². The molecule has 0 saturated carbocycles. The van der Waals surface area contributed by atoms with Gasteiger partial charge < -0.3 is 15.0 Å². The van der Waals surface area contributed by atoms with Crippen LogP contribution < -0.4 is 5.32 Å². The number of aromatic nitrogens is 2. The molecule has 1 aromatic rings. The highest BCUT2D eigenvalue weighted by atomic mass is 16.5. The van der Waals surface area contributed by atoms with Crippen LogP contribution in [0.1, 0.15) is 36.7 Å². The molecule has 1 fully saturated rings. The number of amides is 1. The lowest BCUT2D eigenvalue weighted by molar-refractivity contribution is 0.0582. The van der Waals surface area contributed by atoms with Crippen LogP contribution in [0.4, 0.5) is 5.82 Å². The van der Waals surface area contributed by atoms with Crippen molar-refractivity contribution in [3.63, 3.8) is 0 Å². The minimum Gasteiger partial charge on any atom is -0.376 e. The van der Waals surface area contributed by atoms with Gasteiger partial charge in [0, 0.05) is 26.7 Å². The van der Waals surface area contributed by atoms with Crippen molar-refractivity contribution in [2.75, 3.05) is 32.1 Å². The van der Waals surface area contributed by atoms with E-state index >= 15 is 0 Å². The van der Waals surface area contributed by atoms with Crippen LogP contribution in [0.25, 0.3) is 0 Å². The summed E-state index contributed by atoms with van der Waals surface area (Å²) in [5.41, 5.74) is 0.367. The van der Waals surface area contributed by atoms with E-state index in [-0.39, 0.29) is 12.0 Å². The maximum absolute atomic E-state index is 12.3. The Hall–Kier alpha value is -1.69. The number of nitrogens with one attached hydrogen (secondary N) is 1. The number of ether oxygens (including phenoxy) is 1. The van der Waals surface area contributed by atoms with E-state index < -0.39 is 0 Å². The van der Waals surface area contributed by atoms with Crippen molar-refractivity contribution in [2.24, 2.45) is 0 Å². The average Bonchev–Trinajstić information content (AvgIpc) is 2.97. The van der Waals surface area contributed by atoms with Crippen LogP contribution in [-0.2, 0) is 4.74 Å². The maximum atomic E-state index is 12.3. The first-order valence-electron chi connectivity index (χ1n) is 7.13. The number of hydrogen-bond acceptors (Lipinski definition) is 5. The normalized spacial score (nSPS) is 18.0. The van der Waals surface area contributed by atoms with E-state index in [9.17, 15) is 4.79 Å². The van der Waals surface area contributed by atoms with Crippen molar-refractivity contribution in [1.29, 1.82) is 0 Å². The Morgan fingerprint density at radius 3 is 3.10 bits per heavy atom. The number of hydrogen-bond donors (Lipinski definition) is 1. The van der Waals surface area contributed by atoms with Gasteiger partial charge in [0.25, 0.3) is 5.91 Å². The van der Waals surface area contributed by atoms with Crippen molar-refractivity contribution >= 4 is 11.7 Å². The van der Waals surface area contributed by atoms with E-state index in [1.54, 1.807) is 18.1 Å². The number of carbonyl (C=O) groups is 1. The molecule has 0 aromatic carbocycles. The fraction of sp³-hybridized carbons (Fsp3) is 0.643. The second kappa shape index (κ2) is 7.19. The zero-order chi connectivity index (χ0) is 14.4. The molecule has 1 saturated heterocycles. The highest BCUT2D eigenvalue weighted by Gasteiger charge is 2.21. The molecule has 1 N–H and O–H groups in total. The Labute approximate surface area is 119 Å². The number of carbonyl (C=O) groups excluding carboxylic acids is 1. The van der Waals surface area contributed by atoms with Gasteiger partial charge in [-0.25, -0.2) is 4.98 Å². The molecule has 1 unspecified atom stereocenters. The minimum atomic E-state index is -0.117. The first kappa shape index (κ1) is 14.7. The third-order valence-corrected chi connectivity index (χ3v) is 3.26. The van der Waals surface area contributed by atoms with Gasteiger partial charge in [-0.05, 0) is 19.3 Å². The number of anilines is 1. The molecule has 2 heterocycles. The zero-order valence-corrected chi connectivity index (χ0v) is 12.1. The highest BCUT2D eigenvalue weighted by molar-refractivity contribution is 5.92. The van der Waals surface area contributed by atoms with E-state index in [2.05, 4.69) is 22.2 Å². The number of nitrogens with zero attached hydrogens (tertiary/aromatic N) is 3. The molecule has 110 valence electrons. The van der Waals surface area contributed by atoms with Crippen molar-refractivity contribution in [1.82, 2.24) is 14.9 Å². The van der Waals surface area contributed by atoms with Gasteiger partial charge in [0.05, 0.1) is 18.5 Å². The Morgan fingerprint density at radius 2 is 2.40 bits per heavy atom. The summed E-state index contributed by atoms with van der Waals surface area (Å²) in [6, 6.07) is 0. The summed E-state index contributed by atoms with van der Waals surface area (Å²) in [6.45, 7) is 4.29. The van der Waals surface area contributed by atoms with Gasteiger partial charge in [-0.3, -0.25) is 9.78 Å². The van der Waals surface area contributed by atoms with Crippen molar-refractivity contribution in [2.45, 2.75) is 32.3 Å². The molecular weight excluding hydrogens is 256 g/mol. The largest absolute Gasteiger partial charge is 0.376 e.